The molecular formula is C13H22O2. The van der Waals surface area contributed by atoms with Crippen LogP contribution in [0.4, 0.5) is 0 Å². The van der Waals surface area contributed by atoms with Gasteiger partial charge in [-0.25, -0.2) is 0 Å². The maximum atomic E-state index is 10.4. The summed E-state index contributed by atoms with van der Waals surface area (Å²) in [6, 6.07) is 0. The predicted molar refractivity (Wildman–Crippen MR) is 63.7 cm³/mol. The largest absolute Gasteiger partial charge is 0.462 e. The number of carbonyl (C=O) groups excluding carboxylic acids is 1. The van der Waals surface area contributed by atoms with E-state index in [0.717, 1.165) is 6.42 Å². The van der Waals surface area contributed by atoms with Crippen LogP contribution < -0.4 is 0 Å². The molecule has 0 N–H and O–H groups in total. The number of unbranched alkanes of at least 4 members (excludes halogenated alkanes) is 4. The van der Waals surface area contributed by atoms with E-state index in [1.54, 1.807) is 0 Å². The lowest BCUT2D eigenvalue weighted by molar-refractivity contribution is -0.139. The summed E-state index contributed by atoms with van der Waals surface area (Å²) in [6.45, 7) is 4.00. The number of carbonyl (C=O) groups is 1. The van der Waals surface area contributed by atoms with Crippen molar-refractivity contribution in [2.75, 3.05) is 6.61 Å². The second-order valence-corrected chi connectivity index (χ2v) is 3.51. The van der Waals surface area contributed by atoms with E-state index in [2.05, 4.69) is 13.0 Å². The van der Waals surface area contributed by atoms with Crippen LogP contribution >= 0.6 is 0 Å². The van der Waals surface area contributed by atoms with Gasteiger partial charge in [0, 0.05) is 6.92 Å². The highest BCUT2D eigenvalue weighted by Gasteiger charge is 1.85. The molecule has 0 saturated carbocycles. The summed E-state index contributed by atoms with van der Waals surface area (Å²) in [5, 5.41) is 0. The van der Waals surface area contributed by atoms with Gasteiger partial charge in [-0.3, -0.25) is 4.79 Å². The maximum absolute atomic E-state index is 10.4. The van der Waals surface area contributed by atoms with Crippen molar-refractivity contribution < 1.29 is 9.53 Å². The summed E-state index contributed by atoms with van der Waals surface area (Å²) in [5.74, 6) is -0.233. The standard InChI is InChI=1S/C13H22O2/c1-3-4-5-6-7-8-9-10-11-12-15-13(2)14/h8-11H,3-7,12H2,1-2H3/b9-8+,11-10+. The van der Waals surface area contributed by atoms with Gasteiger partial charge in [-0.1, -0.05) is 44.4 Å². The summed E-state index contributed by atoms with van der Waals surface area (Å²) in [4.78, 5) is 10.4. The SMILES string of the molecule is CCCCCC/C=C/C=C/COC(C)=O. The van der Waals surface area contributed by atoms with Crippen LogP contribution in [-0.4, -0.2) is 12.6 Å². The fraction of sp³-hybridized carbons (Fsp3) is 0.615. The Morgan fingerprint density at radius 3 is 2.53 bits per heavy atom. The van der Waals surface area contributed by atoms with Crippen molar-refractivity contribution in [3.8, 4) is 0 Å². The molecule has 0 amide bonds. The lowest BCUT2D eigenvalue weighted by Gasteiger charge is -1.94. The van der Waals surface area contributed by atoms with Gasteiger partial charge in [0.2, 0.25) is 0 Å². The molecule has 0 radical (unpaired) electrons. The van der Waals surface area contributed by atoms with E-state index < -0.39 is 0 Å². The van der Waals surface area contributed by atoms with Crippen LogP contribution in [0.1, 0.15) is 46.0 Å². The Labute approximate surface area is 93.0 Å². The second kappa shape index (κ2) is 11.0. The van der Waals surface area contributed by atoms with Crippen LogP contribution in [0.3, 0.4) is 0 Å². The summed E-state index contributed by atoms with van der Waals surface area (Å²) >= 11 is 0. The van der Waals surface area contributed by atoms with Crippen LogP contribution in [0, 0.1) is 0 Å². The van der Waals surface area contributed by atoms with Gasteiger partial charge in [-0.05, 0) is 18.9 Å². The number of rotatable bonds is 8. The van der Waals surface area contributed by atoms with Crippen molar-refractivity contribution >= 4 is 5.97 Å². The number of hydrogen-bond acceptors (Lipinski definition) is 2. The quantitative estimate of drug-likeness (QED) is 0.347. The average molecular weight is 210 g/mol. The van der Waals surface area contributed by atoms with Crippen molar-refractivity contribution in [2.45, 2.75) is 46.0 Å². The molecular weight excluding hydrogens is 188 g/mol. The van der Waals surface area contributed by atoms with Gasteiger partial charge in [-0.15, -0.1) is 0 Å². The molecule has 2 nitrogen and oxygen atoms in total. The van der Waals surface area contributed by atoms with Gasteiger partial charge in [-0.2, -0.15) is 0 Å². The molecule has 0 aromatic carbocycles. The summed E-state index contributed by atoms with van der Waals surface area (Å²) in [5.41, 5.74) is 0. The molecule has 0 spiro atoms. The number of hydrogen-bond donors (Lipinski definition) is 0. The Morgan fingerprint density at radius 1 is 1.13 bits per heavy atom. The van der Waals surface area contributed by atoms with E-state index in [1.165, 1.54) is 32.6 Å². The summed E-state index contributed by atoms with van der Waals surface area (Å²) in [6.07, 6.45) is 14.3. The molecule has 2 heteroatoms. The summed E-state index contributed by atoms with van der Waals surface area (Å²) < 4.78 is 4.74. The second-order valence-electron chi connectivity index (χ2n) is 3.51. The lowest BCUT2D eigenvalue weighted by atomic mass is 10.1. The normalized spacial score (nSPS) is 11.3. The zero-order chi connectivity index (χ0) is 11.4. The van der Waals surface area contributed by atoms with Gasteiger partial charge in [0.25, 0.3) is 0 Å². The first-order valence-electron chi connectivity index (χ1n) is 5.72. The number of allylic oxidation sites excluding steroid dienone is 3. The van der Waals surface area contributed by atoms with Gasteiger partial charge in [0.15, 0.2) is 0 Å². The van der Waals surface area contributed by atoms with Crippen molar-refractivity contribution in [1.29, 1.82) is 0 Å². The third-order valence-electron chi connectivity index (χ3n) is 1.99. The molecule has 0 unspecified atom stereocenters. The van der Waals surface area contributed by atoms with Gasteiger partial charge < -0.3 is 4.74 Å². The lowest BCUT2D eigenvalue weighted by Crippen LogP contribution is -1.96. The Bertz CT molecular complexity index is 205. The molecule has 0 atom stereocenters. The van der Waals surface area contributed by atoms with Gasteiger partial charge >= 0.3 is 5.97 Å². The van der Waals surface area contributed by atoms with Crippen LogP contribution in [0.5, 0.6) is 0 Å². The Hall–Kier alpha value is -1.05. The molecule has 86 valence electrons. The number of ether oxygens (including phenoxy) is 1. The molecule has 15 heavy (non-hydrogen) atoms. The van der Waals surface area contributed by atoms with Crippen molar-refractivity contribution in [1.82, 2.24) is 0 Å². The van der Waals surface area contributed by atoms with E-state index in [-0.39, 0.29) is 5.97 Å². The fourth-order valence-corrected chi connectivity index (χ4v) is 1.16. The first-order chi connectivity index (χ1) is 7.27. The van der Waals surface area contributed by atoms with Crippen LogP contribution in [-0.2, 0) is 9.53 Å². The predicted octanol–water partition coefficient (Wildman–Crippen LogP) is 3.63. The summed E-state index contributed by atoms with van der Waals surface area (Å²) in [7, 11) is 0. The van der Waals surface area contributed by atoms with Gasteiger partial charge in [0.05, 0.1) is 0 Å². The van der Waals surface area contributed by atoms with Crippen LogP contribution in [0.15, 0.2) is 24.3 Å². The Kier molecular flexibility index (Phi) is 10.3. The zero-order valence-electron chi connectivity index (χ0n) is 9.87. The molecule has 0 aliphatic carbocycles. The maximum Gasteiger partial charge on any atom is 0.302 e. The third kappa shape index (κ3) is 12.9. The molecule has 0 aromatic rings. The molecule has 0 heterocycles. The first kappa shape index (κ1) is 13.9. The molecule has 0 fully saturated rings. The van der Waals surface area contributed by atoms with E-state index in [1.807, 2.05) is 18.2 Å². The minimum Gasteiger partial charge on any atom is -0.462 e. The minimum absolute atomic E-state index is 0.233. The average Bonchev–Trinajstić information content (AvgIpc) is 2.20. The van der Waals surface area contributed by atoms with E-state index in [9.17, 15) is 4.79 Å². The fourth-order valence-electron chi connectivity index (χ4n) is 1.16. The van der Waals surface area contributed by atoms with Crippen LogP contribution in [0.25, 0.3) is 0 Å². The first-order valence-corrected chi connectivity index (χ1v) is 5.72. The smallest absolute Gasteiger partial charge is 0.302 e. The van der Waals surface area contributed by atoms with Crippen molar-refractivity contribution in [2.24, 2.45) is 0 Å². The minimum atomic E-state index is -0.233. The van der Waals surface area contributed by atoms with Crippen molar-refractivity contribution in [3.63, 3.8) is 0 Å². The Morgan fingerprint density at radius 2 is 1.87 bits per heavy atom. The molecule has 0 saturated heterocycles. The third-order valence-corrected chi connectivity index (χ3v) is 1.99. The zero-order valence-corrected chi connectivity index (χ0v) is 9.87. The monoisotopic (exact) mass is 210 g/mol. The highest BCUT2D eigenvalue weighted by atomic mass is 16.5. The highest BCUT2D eigenvalue weighted by Crippen LogP contribution is 2.02. The topological polar surface area (TPSA) is 26.3 Å². The Balaban J connectivity index is 3.26. The highest BCUT2D eigenvalue weighted by molar-refractivity contribution is 5.65. The molecule has 0 bridgehead atoms. The number of esters is 1. The van der Waals surface area contributed by atoms with Crippen molar-refractivity contribution in [3.05, 3.63) is 24.3 Å². The molecule has 0 aliphatic heterocycles. The van der Waals surface area contributed by atoms with E-state index >= 15 is 0 Å². The van der Waals surface area contributed by atoms with E-state index in [4.69, 9.17) is 4.74 Å². The van der Waals surface area contributed by atoms with Crippen LogP contribution in [0.2, 0.25) is 0 Å². The molecule has 0 aromatic heterocycles. The van der Waals surface area contributed by atoms with Gasteiger partial charge in [0.1, 0.15) is 6.61 Å². The molecule has 0 aliphatic rings. The molecule has 0 rings (SSSR count). The van der Waals surface area contributed by atoms with E-state index in [0.29, 0.717) is 6.61 Å².